The summed E-state index contributed by atoms with van der Waals surface area (Å²) in [6.45, 7) is 8.31. The molecule has 20 heavy (non-hydrogen) atoms. The number of aromatic nitrogens is 4. The summed E-state index contributed by atoms with van der Waals surface area (Å²) in [6, 6.07) is 0. The highest BCUT2D eigenvalue weighted by molar-refractivity contribution is 5.86. The predicted molar refractivity (Wildman–Crippen MR) is 80.4 cm³/mol. The molecule has 0 spiro atoms. The van der Waals surface area contributed by atoms with E-state index in [-0.39, 0.29) is 0 Å². The smallest absolute Gasteiger partial charge is 0.241 e. The summed E-state index contributed by atoms with van der Waals surface area (Å²) < 4.78 is 0. The molecule has 2 heterocycles. The predicted octanol–water partition coefficient (Wildman–Crippen LogP) is 0.782. The van der Waals surface area contributed by atoms with E-state index >= 15 is 0 Å². The third-order valence-corrected chi connectivity index (χ3v) is 3.15. The van der Waals surface area contributed by atoms with Gasteiger partial charge in [0, 0.05) is 13.1 Å². The summed E-state index contributed by atoms with van der Waals surface area (Å²) in [4.78, 5) is 10.9. The van der Waals surface area contributed by atoms with E-state index in [1.165, 1.54) is 0 Å². The second kappa shape index (κ2) is 7.01. The lowest BCUT2D eigenvalue weighted by Crippen LogP contribution is -2.29. The first-order valence-electron chi connectivity index (χ1n) is 6.92. The maximum absolute atomic E-state index is 5.37. The number of nitrogens with zero attached hydrogens (tertiary/aromatic N) is 4. The SMILES string of the molecule is CCCN(CC)CCNc1nc(NN)nc2[nH]ncc12. The van der Waals surface area contributed by atoms with Gasteiger partial charge < -0.3 is 10.2 Å². The van der Waals surface area contributed by atoms with Gasteiger partial charge in [0.1, 0.15) is 5.82 Å². The lowest BCUT2D eigenvalue weighted by molar-refractivity contribution is 0.300. The Kier molecular flexibility index (Phi) is 5.08. The molecule has 5 N–H and O–H groups in total. The van der Waals surface area contributed by atoms with Crippen molar-refractivity contribution in [2.75, 3.05) is 36.9 Å². The number of hydrogen-bond acceptors (Lipinski definition) is 7. The van der Waals surface area contributed by atoms with E-state index in [4.69, 9.17) is 5.84 Å². The molecule has 0 aromatic carbocycles. The molecule has 0 amide bonds. The number of anilines is 2. The van der Waals surface area contributed by atoms with Crippen molar-refractivity contribution < 1.29 is 0 Å². The average molecular weight is 278 g/mol. The Bertz CT molecular complexity index is 537. The van der Waals surface area contributed by atoms with E-state index in [1.807, 2.05) is 0 Å². The molecule has 2 rings (SSSR count). The Morgan fingerprint density at radius 1 is 1.30 bits per heavy atom. The first-order valence-corrected chi connectivity index (χ1v) is 6.92. The van der Waals surface area contributed by atoms with E-state index in [1.54, 1.807) is 6.20 Å². The van der Waals surface area contributed by atoms with Crippen molar-refractivity contribution in [3.8, 4) is 0 Å². The summed E-state index contributed by atoms with van der Waals surface area (Å²) in [5, 5.41) is 11.0. The van der Waals surface area contributed by atoms with Gasteiger partial charge in [-0.15, -0.1) is 0 Å². The van der Waals surface area contributed by atoms with Gasteiger partial charge in [0.25, 0.3) is 0 Å². The first kappa shape index (κ1) is 14.5. The fraction of sp³-hybridized carbons (Fsp3) is 0.583. The number of nitrogen functional groups attached to an aromatic ring is 1. The normalized spacial score (nSPS) is 11.2. The molecule has 0 unspecified atom stereocenters. The Morgan fingerprint density at radius 3 is 2.85 bits per heavy atom. The third-order valence-electron chi connectivity index (χ3n) is 3.15. The minimum absolute atomic E-state index is 0.366. The minimum Gasteiger partial charge on any atom is -0.368 e. The molecular weight excluding hydrogens is 256 g/mol. The van der Waals surface area contributed by atoms with Gasteiger partial charge in [-0.25, -0.2) is 5.84 Å². The number of H-pyrrole nitrogens is 1. The van der Waals surface area contributed by atoms with Crippen molar-refractivity contribution in [3.63, 3.8) is 0 Å². The molecule has 8 heteroatoms. The maximum atomic E-state index is 5.37. The third kappa shape index (κ3) is 3.34. The average Bonchev–Trinajstić information content (AvgIpc) is 2.94. The molecule has 2 aromatic heterocycles. The van der Waals surface area contributed by atoms with Gasteiger partial charge in [0.2, 0.25) is 5.95 Å². The topological polar surface area (TPSA) is 108 Å². The van der Waals surface area contributed by atoms with Crippen molar-refractivity contribution >= 4 is 22.8 Å². The molecule has 0 aliphatic rings. The van der Waals surface area contributed by atoms with E-state index in [0.29, 0.717) is 11.6 Å². The van der Waals surface area contributed by atoms with Crippen LogP contribution < -0.4 is 16.6 Å². The summed E-state index contributed by atoms with van der Waals surface area (Å²) in [6.07, 6.45) is 2.87. The molecule has 0 fully saturated rings. The second-order valence-electron chi connectivity index (χ2n) is 4.53. The van der Waals surface area contributed by atoms with Crippen molar-refractivity contribution in [3.05, 3.63) is 6.20 Å². The Morgan fingerprint density at radius 2 is 2.15 bits per heavy atom. The van der Waals surface area contributed by atoms with E-state index in [0.717, 1.165) is 43.8 Å². The van der Waals surface area contributed by atoms with Gasteiger partial charge >= 0.3 is 0 Å². The number of hydrogen-bond donors (Lipinski definition) is 4. The maximum Gasteiger partial charge on any atom is 0.241 e. The molecule has 0 bridgehead atoms. The minimum atomic E-state index is 0.366. The van der Waals surface area contributed by atoms with E-state index in [9.17, 15) is 0 Å². The zero-order valence-electron chi connectivity index (χ0n) is 12.0. The van der Waals surface area contributed by atoms with Crippen LogP contribution in [-0.4, -0.2) is 51.2 Å². The van der Waals surface area contributed by atoms with Gasteiger partial charge in [-0.2, -0.15) is 15.1 Å². The largest absolute Gasteiger partial charge is 0.368 e. The van der Waals surface area contributed by atoms with Crippen molar-refractivity contribution in [1.82, 2.24) is 25.1 Å². The molecular formula is C12H22N8. The Labute approximate surface area is 118 Å². The van der Waals surface area contributed by atoms with Gasteiger partial charge in [0.05, 0.1) is 11.6 Å². The van der Waals surface area contributed by atoms with Gasteiger partial charge in [0.15, 0.2) is 5.65 Å². The monoisotopic (exact) mass is 278 g/mol. The Hall–Kier alpha value is -1.93. The zero-order valence-corrected chi connectivity index (χ0v) is 12.0. The van der Waals surface area contributed by atoms with Crippen LogP contribution in [0.4, 0.5) is 11.8 Å². The van der Waals surface area contributed by atoms with Crippen molar-refractivity contribution in [2.45, 2.75) is 20.3 Å². The lowest BCUT2D eigenvalue weighted by atomic mass is 10.3. The number of hydrazine groups is 1. The highest BCUT2D eigenvalue weighted by Gasteiger charge is 2.09. The summed E-state index contributed by atoms with van der Waals surface area (Å²) in [5.41, 5.74) is 3.12. The number of nitrogens with one attached hydrogen (secondary N) is 3. The van der Waals surface area contributed by atoms with Crippen LogP contribution in [0.2, 0.25) is 0 Å². The fourth-order valence-corrected chi connectivity index (χ4v) is 2.11. The van der Waals surface area contributed by atoms with Crippen LogP contribution in [0, 0.1) is 0 Å². The standard InChI is InChI=1S/C12H22N8/c1-3-6-20(4-2)7-5-14-10-9-8-15-19-11(9)17-12(16-10)18-13/h8H,3-7,13H2,1-2H3,(H3,14,15,16,17,18,19). The van der Waals surface area contributed by atoms with Gasteiger partial charge in [-0.05, 0) is 19.5 Å². The van der Waals surface area contributed by atoms with Crippen LogP contribution >= 0.6 is 0 Å². The van der Waals surface area contributed by atoms with Crippen LogP contribution in [-0.2, 0) is 0 Å². The van der Waals surface area contributed by atoms with Gasteiger partial charge in [-0.3, -0.25) is 10.5 Å². The van der Waals surface area contributed by atoms with E-state index in [2.05, 4.69) is 49.7 Å². The molecule has 0 atom stereocenters. The number of nitrogens with two attached hydrogens (primary N) is 1. The molecule has 0 radical (unpaired) electrons. The van der Waals surface area contributed by atoms with Crippen LogP contribution in [0.25, 0.3) is 11.0 Å². The van der Waals surface area contributed by atoms with E-state index < -0.39 is 0 Å². The molecule has 0 aliphatic carbocycles. The molecule has 0 saturated carbocycles. The van der Waals surface area contributed by atoms with Crippen molar-refractivity contribution in [1.29, 1.82) is 0 Å². The second-order valence-corrected chi connectivity index (χ2v) is 4.53. The van der Waals surface area contributed by atoms with Crippen LogP contribution in [0.3, 0.4) is 0 Å². The van der Waals surface area contributed by atoms with Gasteiger partial charge in [-0.1, -0.05) is 13.8 Å². The summed E-state index contributed by atoms with van der Waals surface area (Å²) in [5.74, 6) is 6.48. The molecule has 0 saturated heterocycles. The van der Waals surface area contributed by atoms with Crippen LogP contribution in [0.1, 0.15) is 20.3 Å². The first-order chi connectivity index (χ1) is 9.78. The number of fused-ring (bicyclic) bond motifs is 1. The lowest BCUT2D eigenvalue weighted by Gasteiger charge is -2.19. The van der Waals surface area contributed by atoms with Crippen LogP contribution in [0.5, 0.6) is 0 Å². The summed E-state index contributed by atoms with van der Waals surface area (Å²) >= 11 is 0. The number of rotatable bonds is 8. The highest BCUT2D eigenvalue weighted by atomic mass is 15.3. The molecule has 8 nitrogen and oxygen atoms in total. The summed E-state index contributed by atoms with van der Waals surface area (Å²) in [7, 11) is 0. The Balaban J connectivity index is 2.03. The molecule has 0 aliphatic heterocycles. The number of likely N-dealkylation sites (N-methyl/N-ethyl adjacent to an activating group) is 1. The zero-order chi connectivity index (χ0) is 14.4. The quantitative estimate of drug-likeness (QED) is 0.417. The van der Waals surface area contributed by atoms with Crippen LogP contribution in [0.15, 0.2) is 6.20 Å². The fourth-order valence-electron chi connectivity index (χ4n) is 2.11. The molecule has 2 aromatic rings. The highest BCUT2D eigenvalue weighted by Crippen LogP contribution is 2.19. The molecule has 110 valence electrons. The van der Waals surface area contributed by atoms with Crippen molar-refractivity contribution in [2.24, 2.45) is 5.84 Å². The number of aromatic amines is 1.